The maximum Gasteiger partial charge on any atom is 0.244 e. The zero-order chi connectivity index (χ0) is 8.39. The molecule has 2 aromatic rings. The number of hydrogen-bond donors (Lipinski definition) is 1. The minimum atomic E-state index is 0.130. The third-order valence-corrected chi connectivity index (χ3v) is 1.40. The molecule has 60 valence electrons. The van der Waals surface area contributed by atoms with Gasteiger partial charge in [0.1, 0.15) is 17.7 Å². The number of nitrogens with zero attached hydrogens (tertiary/aromatic N) is 2. The van der Waals surface area contributed by atoms with Crippen molar-refractivity contribution in [2.45, 2.75) is 0 Å². The summed E-state index contributed by atoms with van der Waals surface area (Å²) < 4.78 is 5.00. The molecule has 0 bridgehead atoms. The van der Waals surface area contributed by atoms with E-state index in [4.69, 9.17) is 9.52 Å². The maximum absolute atomic E-state index is 8.94. The summed E-state index contributed by atoms with van der Waals surface area (Å²) in [5.41, 5.74) is 0.609. The first-order valence-electron chi connectivity index (χ1n) is 3.41. The highest BCUT2D eigenvalue weighted by molar-refractivity contribution is 5.46. The van der Waals surface area contributed by atoms with Crippen LogP contribution in [0.1, 0.15) is 0 Å². The molecule has 0 aromatic carbocycles. The van der Waals surface area contributed by atoms with Crippen molar-refractivity contribution >= 4 is 0 Å². The zero-order valence-corrected chi connectivity index (χ0v) is 6.14. The van der Waals surface area contributed by atoms with Gasteiger partial charge in [0.25, 0.3) is 0 Å². The average Bonchev–Trinajstić information content (AvgIpc) is 2.58. The van der Waals surface area contributed by atoms with E-state index >= 15 is 0 Å². The first-order chi connectivity index (χ1) is 5.86. The highest BCUT2D eigenvalue weighted by atomic mass is 16.3. The van der Waals surface area contributed by atoms with E-state index in [2.05, 4.69) is 9.97 Å². The Bertz CT molecular complexity index is 353. The number of aromatic nitrogens is 2. The van der Waals surface area contributed by atoms with Crippen LogP contribution in [0.5, 0.6) is 5.75 Å². The fraction of sp³-hybridized carbons (Fsp3) is 0. The quantitative estimate of drug-likeness (QED) is 0.689. The summed E-state index contributed by atoms with van der Waals surface area (Å²) in [6, 6.07) is 3.17. The summed E-state index contributed by atoms with van der Waals surface area (Å²) in [5, 5.41) is 8.94. The van der Waals surface area contributed by atoms with Crippen LogP contribution in [0.2, 0.25) is 0 Å². The summed E-state index contributed by atoms with van der Waals surface area (Å²) in [6.45, 7) is 0. The molecule has 0 amide bonds. The third kappa shape index (κ3) is 1.14. The van der Waals surface area contributed by atoms with Crippen LogP contribution in [0.25, 0.3) is 11.6 Å². The minimum absolute atomic E-state index is 0.130. The smallest absolute Gasteiger partial charge is 0.244 e. The Morgan fingerprint density at radius 1 is 1.25 bits per heavy atom. The number of oxazole rings is 1. The normalized spacial score (nSPS) is 10.0. The van der Waals surface area contributed by atoms with Crippen molar-refractivity contribution in [2.24, 2.45) is 0 Å². The van der Waals surface area contributed by atoms with Crippen LogP contribution in [0, 0.1) is 0 Å². The lowest BCUT2D eigenvalue weighted by Crippen LogP contribution is -1.80. The molecule has 0 unspecified atom stereocenters. The summed E-state index contributed by atoms with van der Waals surface area (Å²) >= 11 is 0. The molecule has 0 aliphatic carbocycles. The molecule has 2 rings (SSSR count). The molecule has 0 fully saturated rings. The molecule has 0 spiro atoms. The van der Waals surface area contributed by atoms with Crippen LogP contribution in [0.3, 0.4) is 0 Å². The molecule has 0 atom stereocenters. The van der Waals surface area contributed by atoms with Gasteiger partial charge in [-0.05, 0) is 12.1 Å². The topological polar surface area (TPSA) is 59.2 Å². The van der Waals surface area contributed by atoms with E-state index in [-0.39, 0.29) is 5.75 Å². The molecule has 1 N–H and O–H groups in total. The summed E-state index contributed by atoms with van der Waals surface area (Å²) in [6.07, 6.45) is 4.37. The second-order valence-electron chi connectivity index (χ2n) is 2.24. The summed E-state index contributed by atoms with van der Waals surface area (Å²) in [4.78, 5) is 7.82. The monoisotopic (exact) mass is 162 g/mol. The van der Waals surface area contributed by atoms with E-state index in [0.717, 1.165) is 0 Å². The lowest BCUT2D eigenvalue weighted by atomic mass is 10.3. The average molecular weight is 162 g/mol. The van der Waals surface area contributed by atoms with Gasteiger partial charge in [-0.15, -0.1) is 0 Å². The first-order valence-corrected chi connectivity index (χ1v) is 3.41. The van der Waals surface area contributed by atoms with Gasteiger partial charge in [0.15, 0.2) is 0 Å². The van der Waals surface area contributed by atoms with Crippen molar-refractivity contribution in [1.82, 2.24) is 9.97 Å². The van der Waals surface area contributed by atoms with E-state index in [1.165, 1.54) is 18.5 Å². The Kier molecular flexibility index (Phi) is 1.51. The number of hydrogen-bond acceptors (Lipinski definition) is 4. The summed E-state index contributed by atoms with van der Waals surface area (Å²) in [5.74, 6) is 0.584. The Morgan fingerprint density at radius 2 is 2.17 bits per heavy atom. The SMILES string of the molecule is Oc1ccc(-c2ncco2)nc1. The highest BCUT2D eigenvalue weighted by Gasteiger charge is 2.02. The molecular weight excluding hydrogens is 156 g/mol. The van der Waals surface area contributed by atoms with Crippen molar-refractivity contribution in [2.75, 3.05) is 0 Å². The first kappa shape index (κ1) is 6.84. The van der Waals surface area contributed by atoms with Gasteiger partial charge in [0, 0.05) is 0 Å². The molecule has 4 heteroatoms. The molecule has 2 aromatic heterocycles. The van der Waals surface area contributed by atoms with Crippen molar-refractivity contribution in [3.63, 3.8) is 0 Å². The molecule has 0 aliphatic rings. The van der Waals surface area contributed by atoms with Gasteiger partial charge in [-0.3, -0.25) is 0 Å². The van der Waals surface area contributed by atoms with Crippen LogP contribution >= 0.6 is 0 Å². The lowest BCUT2D eigenvalue weighted by Gasteiger charge is -1.93. The molecule has 4 nitrogen and oxygen atoms in total. The van der Waals surface area contributed by atoms with Gasteiger partial charge < -0.3 is 9.52 Å². The van der Waals surface area contributed by atoms with Crippen LogP contribution in [0.4, 0.5) is 0 Å². The highest BCUT2D eigenvalue weighted by Crippen LogP contribution is 2.15. The van der Waals surface area contributed by atoms with E-state index in [0.29, 0.717) is 11.6 Å². The van der Waals surface area contributed by atoms with E-state index in [1.54, 1.807) is 12.3 Å². The van der Waals surface area contributed by atoms with Gasteiger partial charge >= 0.3 is 0 Å². The Labute approximate surface area is 68.5 Å². The summed E-state index contributed by atoms with van der Waals surface area (Å²) in [7, 11) is 0. The molecule has 0 radical (unpaired) electrons. The van der Waals surface area contributed by atoms with Crippen molar-refractivity contribution < 1.29 is 9.52 Å². The van der Waals surface area contributed by atoms with E-state index in [1.807, 2.05) is 0 Å². The fourth-order valence-corrected chi connectivity index (χ4v) is 0.863. The van der Waals surface area contributed by atoms with Gasteiger partial charge in [-0.2, -0.15) is 0 Å². The van der Waals surface area contributed by atoms with Gasteiger partial charge in [0.05, 0.1) is 12.4 Å². The molecule has 0 aliphatic heterocycles. The van der Waals surface area contributed by atoms with Crippen LogP contribution < -0.4 is 0 Å². The van der Waals surface area contributed by atoms with E-state index in [9.17, 15) is 0 Å². The Morgan fingerprint density at radius 3 is 2.75 bits per heavy atom. The second kappa shape index (κ2) is 2.65. The molecule has 0 saturated heterocycles. The standard InChI is InChI=1S/C8H6N2O2/c11-6-1-2-7(10-5-6)8-9-3-4-12-8/h1-5,11H. The second-order valence-corrected chi connectivity index (χ2v) is 2.24. The molecule has 0 saturated carbocycles. The molecular formula is C8H6N2O2. The number of pyridine rings is 1. The van der Waals surface area contributed by atoms with Crippen LogP contribution in [-0.2, 0) is 0 Å². The minimum Gasteiger partial charge on any atom is -0.506 e. The zero-order valence-electron chi connectivity index (χ0n) is 6.14. The predicted octanol–water partition coefficient (Wildman–Crippen LogP) is 1.44. The third-order valence-electron chi connectivity index (χ3n) is 1.40. The van der Waals surface area contributed by atoms with Crippen LogP contribution in [0.15, 0.2) is 35.2 Å². The maximum atomic E-state index is 8.94. The molecule has 2 heterocycles. The van der Waals surface area contributed by atoms with Gasteiger partial charge in [0.2, 0.25) is 5.89 Å². The van der Waals surface area contributed by atoms with Crippen molar-refractivity contribution in [1.29, 1.82) is 0 Å². The Hall–Kier alpha value is -1.84. The van der Waals surface area contributed by atoms with Crippen molar-refractivity contribution in [3.05, 3.63) is 30.8 Å². The fourth-order valence-electron chi connectivity index (χ4n) is 0.863. The number of rotatable bonds is 1. The number of aromatic hydroxyl groups is 1. The lowest BCUT2D eigenvalue weighted by molar-refractivity contribution is 0.472. The molecule has 12 heavy (non-hydrogen) atoms. The van der Waals surface area contributed by atoms with Crippen LogP contribution in [-0.4, -0.2) is 15.1 Å². The largest absolute Gasteiger partial charge is 0.506 e. The van der Waals surface area contributed by atoms with Crippen molar-refractivity contribution in [3.8, 4) is 17.3 Å². The van der Waals surface area contributed by atoms with E-state index < -0.39 is 0 Å². The Balaban J connectivity index is 2.43. The predicted molar refractivity (Wildman–Crippen MR) is 41.4 cm³/mol. The van der Waals surface area contributed by atoms with Gasteiger partial charge in [-0.1, -0.05) is 0 Å². The van der Waals surface area contributed by atoms with Gasteiger partial charge in [-0.25, -0.2) is 9.97 Å².